The summed E-state index contributed by atoms with van der Waals surface area (Å²) in [6.07, 6.45) is 9.14. The van der Waals surface area contributed by atoms with Crippen LogP contribution in [-0.4, -0.2) is 47.3 Å². The SMILES string of the molecule is C[C@]1(O)CCCC[C@@H]1[C@H]1CCCN1C(=O)CC1CCOCC1. The third-order valence-corrected chi connectivity index (χ3v) is 6.14. The molecule has 3 atom stereocenters. The highest BCUT2D eigenvalue weighted by Gasteiger charge is 2.44. The summed E-state index contributed by atoms with van der Waals surface area (Å²) in [4.78, 5) is 14.9. The van der Waals surface area contributed by atoms with Gasteiger partial charge in [-0.05, 0) is 51.4 Å². The number of carbonyl (C=O) groups is 1. The third-order valence-electron chi connectivity index (χ3n) is 6.14. The van der Waals surface area contributed by atoms with Gasteiger partial charge in [0.1, 0.15) is 0 Å². The van der Waals surface area contributed by atoms with Crippen LogP contribution < -0.4 is 0 Å². The van der Waals surface area contributed by atoms with E-state index in [1.165, 1.54) is 6.42 Å². The van der Waals surface area contributed by atoms with Crippen molar-refractivity contribution in [2.45, 2.75) is 76.4 Å². The van der Waals surface area contributed by atoms with Crippen LogP contribution in [0.2, 0.25) is 0 Å². The van der Waals surface area contributed by atoms with Gasteiger partial charge < -0.3 is 14.7 Å². The zero-order valence-electron chi connectivity index (χ0n) is 13.9. The van der Waals surface area contributed by atoms with Crippen LogP contribution in [0.5, 0.6) is 0 Å². The van der Waals surface area contributed by atoms with E-state index in [-0.39, 0.29) is 12.0 Å². The van der Waals surface area contributed by atoms with Crippen molar-refractivity contribution in [3.05, 3.63) is 0 Å². The summed E-state index contributed by atoms with van der Waals surface area (Å²) in [7, 11) is 0. The van der Waals surface area contributed by atoms with E-state index in [0.717, 1.165) is 64.7 Å². The molecular weight excluding hydrogens is 278 g/mol. The number of hydrogen-bond donors (Lipinski definition) is 1. The molecular formula is C18H31NO3. The maximum atomic E-state index is 12.8. The van der Waals surface area contributed by atoms with Gasteiger partial charge in [0.15, 0.2) is 0 Å². The number of likely N-dealkylation sites (tertiary alicyclic amines) is 1. The van der Waals surface area contributed by atoms with Crippen LogP contribution in [0.15, 0.2) is 0 Å². The van der Waals surface area contributed by atoms with Crippen molar-refractivity contribution >= 4 is 5.91 Å². The molecule has 0 bridgehead atoms. The highest BCUT2D eigenvalue weighted by atomic mass is 16.5. The van der Waals surface area contributed by atoms with E-state index in [2.05, 4.69) is 4.90 Å². The van der Waals surface area contributed by atoms with Crippen LogP contribution in [0.1, 0.15) is 64.7 Å². The van der Waals surface area contributed by atoms with Crippen LogP contribution >= 0.6 is 0 Å². The molecule has 0 aromatic heterocycles. The second-order valence-corrected chi connectivity index (χ2v) is 7.77. The first-order chi connectivity index (χ1) is 10.6. The molecule has 3 aliphatic rings. The number of carbonyl (C=O) groups excluding carboxylic acids is 1. The number of hydrogen-bond acceptors (Lipinski definition) is 3. The monoisotopic (exact) mass is 309 g/mol. The van der Waals surface area contributed by atoms with Crippen LogP contribution in [0.4, 0.5) is 0 Å². The molecule has 1 aliphatic carbocycles. The minimum atomic E-state index is -0.593. The van der Waals surface area contributed by atoms with E-state index in [4.69, 9.17) is 4.74 Å². The number of ether oxygens (including phenoxy) is 1. The van der Waals surface area contributed by atoms with Crippen molar-refractivity contribution in [1.82, 2.24) is 4.90 Å². The third kappa shape index (κ3) is 3.48. The smallest absolute Gasteiger partial charge is 0.223 e. The molecule has 2 heterocycles. The van der Waals surface area contributed by atoms with Gasteiger partial charge in [-0.15, -0.1) is 0 Å². The van der Waals surface area contributed by atoms with E-state index in [0.29, 0.717) is 18.2 Å². The van der Waals surface area contributed by atoms with Gasteiger partial charge in [0.2, 0.25) is 5.91 Å². The normalized spacial score (nSPS) is 37.5. The van der Waals surface area contributed by atoms with Crippen molar-refractivity contribution in [2.75, 3.05) is 19.8 Å². The standard InChI is InChI=1S/C18H31NO3/c1-18(21)9-3-2-5-15(18)16-6-4-10-19(16)17(20)13-14-7-11-22-12-8-14/h14-16,21H,2-13H2,1H3/t15-,16-,18+/m1/s1. The summed E-state index contributed by atoms with van der Waals surface area (Å²) < 4.78 is 5.39. The molecule has 0 aromatic rings. The predicted molar refractivity (Wildman–Crippen MR) is 85.5 cm³/mol. The van der Waals surface area contributed by atoms with E-state index in [1.807, 2.05) is 6.92 Å². The second kappa shape index (κ2) is 6.88. The summed E-state index contributed by atoms with van der Waals surface area (Å²) in [6, 6.07) is 0.266. The molecule has 4 heteroatoms. The van der Waals surface area contributed by atoms with Crippen molar-refractivity contribution in [2.24, 2.45) is 11.8 Å². The Hall–Kier alpha value is -0.610. The van der Waals surface area contributed by atoms with Crippen molar-refractivity contribution < 1.29 is 14.6 Å². The summed E-state index contributed by atoms with van der Waals surface area (Å²) in [5.74, 6) is 1.08. The van der Waals surface area contributed by atoms with E-state index >= 15 is 0 Å². The molecule has 0 spiro atoms. The van der Waals surface area contributed by atoms with Crippen LogP contribution in [0.3, 0.4) is 0 Å². The fourth-order valence-electron chi connectivity index (χ4n) is 4.79. The van der Waals surface area contributed by atoms with Crippen molar-refractivity contribution in [3.63, 3.8) is 0 Å². The zero-order chi connectivity index (χ0) is 15.6. The molecule has 126 valence electrons. The lowest BCUT2D eigenvalue weighted by Crippen LogP contribution is -2.50. The first kappa shape index (κ1) is 16.3. The Morgan fingerprint density at radius 3 is 2.68 bits per heavy atom. The first-order valence-electron chi connectivity index (χ1n) is 9.17. The van der Waals surface area contributed by atoms with E-state index < -0.39 is 5.60 Å². The maximum Gasteiger partial charge on any atom is 0.223 e. The summed E-state index contributed by atoms with van der Waals surface area (Å²) >= 11 is 0. The molecule has 3 rings (SSSR count). The summed E-state index contributed by atoms with van der Waals surface area (Å²) in [6.45, 7) is 4.48. The van der Waals surface area contributed by atoms with E-state index in [1.54, 1.807) is 0 Å². The van der Waals surface area contributed by atoms with Gasteiger partial charge in [-0.2, -0.15) is 0 Å². The Labute approximate surface area is 134 Å². The number of rotatable bonds is 3. The minimum absolute atomic E-state index is 0.266. The van der Waals surface area contributed by atoms with Crippen molar-refractivity contribution in [3.8, 4) is 0 Å². The number of nitrogens with zero attached hydrogens (tertiary/aromatic N) is 1. The average molecular weight is 309 g/mol. The number of amides is 1. The quantitative estimate of drug-likeness (QED) is 0.872. The molecule has 0 aromatic carbocycles. The predicted octanol–water partition coefficient (Wildman–Crippen LogP) is 2.74. The molecule has 4 nitrogen and oxygen atoms in total. The number of aliphatic hydroxyl groups is 1. The Kier molecular flexibility index (Phi) is 5.08. The Morgan fingerprint density at radius 1 is 1.18 bits per heavy atom. The molecule has 1 amide bonds. The van der Waals surface area contributed by atoms with Gasteiger partial charge in [-0.3, -0.25) is 4.79 Å². The van der Waals surface area contributed by atoms with Crippen LogP contribution in [0.25, 0.3) is 0 Å². The van der Waals surface area contributed by atoms with Gasteiger partial charge in [0.25, 0.3) is 0 Å². The topological polar surface area (TPSA) is 49.8 Å². The van der Waals surface area contributed by atoms with Crippen molar-refractivity contribution in [1.29, 1.82) is 0 Å². The maximum absolute atomic E-state index is 12.8. The lowest BCUT2D eigenvalue weighted by Gasteiger charge is -2.43. The Morgan fingerprint density at radius 2 is 1.95 bits per heavy atom. The molecule has 2 saturated heterocycles. The molecule has 1 N–H and O–H groups in total. The first-order valence-corrected chi connectivity index (χ1v) is 9.17. The van der Waals surface area contributed by atoms with Gasteiger partial charge in [-0.1, -0.05) is 12.8 Å². The van der Waals surface area contributed by atoms with E-state index in [9.17, 15) is 9.90 Å². The van der Waals surface area contributed by atoms with Gasteiger partial charge in [-0.25, -0.2) is 0 Å². The van der Waals surface area contributed by atoms with Gasteiger partial charge in [0.05, 0.1) is 5.60 Å². The molecule has 1 saturated carbocycles. The highest BCUT2D eigenvalue weighted by Crippen LogP contribution is 2.41. The molecule has 2 aliphatic heterocycles. The minimum Gasteiger partial charge on any atom is -0.390 e. The average Bonchev–Trinajstić information content (AvgIpc) is 2.97. The highest BCUT2D eigenvalue weighted by molar-refractivity contribution is 5.77. The van der Waals surface area contributed by atoms with Gasteiger partial charge >= 0.3 is 0 Å². The second-order valence-electron chi connectivity index (χ2n) is 7.77. The molecule has 0 unspecified atom stereocenters. The van der Waals surface area contributed by atoms with Crippen LogP contribution in [0, 0.1) is 11.8 Å². The van der Waals surface area contributed by atoms with Crippen LogP contribution in [-0.2, 0) is 9.53 Å². The largest absolute Gasteiger partial charge is 0.390 e. The zero-order valence-corrected chi connectivity index (χ0v) is 13.9. The molecule has 22 heavy (non-hydrogen) atoms. The summed E-state index contributed by atoms with van der Waals surface area (Å²) in [5.41, 5.74) is -0.593. The Balaban J connectivity index is 1.63. The van der Waals surface area contributed by atoms with Gasteiger partial charge in [0, 0.05) is 38.1 Å². The molecule has 0 radical (unpaired) electrons. The lowest BCUT2D eigenvalue weighted by molar-refractivity contribution is -0.138. The lowest BCUT2D eigenvalue weighted by atomic mass is 9.72. The fourth-order valence-corrected chi connectivity index (χ4v) is 4.79. The summed E-state index contributed by atoms with van der Waals surface area (Å²) in [5, 5.41) is 10.8. The Bertz CT molecular complexity index is 390. The molecule has 3 fully saturated rings. The fraction of sp³-hybridized carbons (Fsp3) is 0.944.